The maximum Gasteiger partial charge on any atom is 0.414 e. The number of nitrogens with zero attached hydrogens (tertiary/aromatic N) is 3. The number of benzene rings is 1. The van der Waals surface area contributed by atoms with Crippen molar-refractivity contribution < 1.29 is 23.6 Å². The van der Waals surface area contributed by atoms with E-state index < -0.39 is 12.2 Å². The number of amides is 2. The molecule has 0 bridgehead atoms. The Balaban J connectivity index is 1.43. The molecule has 0 aromatic heterocycles. The van der Waals surface area contributed by atoms with Gasteiger partial charge in [-0.3, -0.25) is 9.69 Å². The zero-order valence-corrected chi connectivity index (χ0v) is 18.0. The number of ether oxygens (including phenoxy) is 1. The zero-order valence-electron chi connectivity index (χ0n) is 18.0. The van der Waals surface area contributed by atoms with Crippen LogP contribution in [0.5, 0.6) is 0 Å². The van der Waals surface area contributed by atoms with Gasteiger partial charge in [-0.15, -0.1) is 0 Å². The van der Waals surface area contributed by atoms with Gasteiger partial charge in [-0.05, 0) is 49.8 Å². The molecule has 2 aliphatic heterocycles. The maximum atomic E-state index is 15.1. The van der Waals surface area contributed by atoms with Gasteiger partial charge >= 0.3 is 6.09 Å². The number of piperidine rings is 1. The van der Waals surface area contributed by atoms with Crippen LogP contribution in [-0.4, -0.2) is 57.1 Å². The molecule has 2 saturated heterocycles. The average Bonchev–Trinajstić information content (AvgIpc) is 3.13. The number of hydrogen-bond donors (Lipinski definition) is 1. The Morgan fingerprint density at radius 1 is 1.35 bits per heavy atom. The van der Waals surface area contributed by atoms with Crippen molar-refractivity contribution in [3.05, 3.63) is 24.0 Å². The molecule has 0 spiro atoms. The van der Waals surface area contributed by atoms with Gasteiger partial charge in [0, 0.05) is 25.9 Å². The van der Waals surface area contributed by atoms with Gasteiger partial charge in [0.1, 0.15) is 19.0 Å². The van der Waals surface area contributed by atoms with Gasteiger partial charge in [-0.2, -0.15) is 0 Å². The van der Waals surface area contributed by atoms with Crippen molar-refractivity contribution in [3.8, 4) is 0 Å². The number of carbonyl (C=O) groups is 2. The normalized spacial score (nSPS) is 27.1. The van der Waals surface area contributed by atoms with Crippen molar-refractivity contribution in [2.75, 3.05) is 43.1 Å². The summed E-state index contributed by atoms with van der Waals surface area (Å²) in [6.45, 7) is 3.46. The summed E-state index contributed by atoms with van der Waals surface area (Å²) in [4.78, 5) is 31.8. The van der Waals surface area contributed by atoms with Crippen molar-refractivity contribution in [1.29, 1.82) is 0 Å². The van der Waals surface area contributed by atoms with Gasteiger partial charge in [-0.1, -0.05) is 5.16 Å². The number of fused-ring (bicyclic) bond motifs is 1. The highest BCUT2D eigenvalue weighted by Gasteiger charge is 2.37. The molecule has 1 aromatic rings. The molecule has 3 unspecified atom stereocenters. The summed E-state index contributed by atoms with van der Waals surface area (Å²) in [6.07, 6.45) is 3.11. The lowest BCUT2D eigenvalue weighted by Gasteiger charge is -2.42. The van der Waals surface area contributed by atoms with Crippen LogP contribution < -0.4 is 15.1 Å². The molecule has 3 fully saturated rings. The molecule has 8 nitrogen and oxygen atoms in total. The second-order valence-electron chi connectivity index (χ2n) is 8.45. The third-order valence-corrected chi connectivity index (χ3v) is 6.41. The van der Waals surface area contributed by atoms with Gasteiger partial charge in [-0.25, -0.2) is 9.18 Å². The van der Waals surface area contributed by atoms with Crippen LogP contribution in [0.25, 0.3) is 0 Å². The first-order chi connectivity index (χ1) is 15.0. The zero-order chi connectivity index (χ0) is 22.0. The Bertz CT molecular complexity index is 877. The molecule has 1 aliphatic carbocycles. The van der Waals surface area contributed by atoms with E-state index in [2.05, 4.69) is 15.4 Å². The van der Waals surface area contributed by atoms with Crippen LogP contribution in [0.2, 0.25) is 0 Å². The molecular formula is C22H29FN4O4. The Morgan fingerprint density at radius 2 is 2.19 bits per heavy atom. The maximum absolute atomic E-state index is 15.1. The summed E-state index contributed by atoms with van der Waals surface area (Å²) >= 11 is 0. The lowest BCUT2D eigenvalue weighted by molar-refractivity contribution is -0.119. The molecule has 3 atom stereocenters. The number of nitrogens with one attached hydrogen (secondary N) is 1. The fourth-order valence-corrected chi connectivity index (χ4v) is 4.96. The van der Waals surface area contributed by atoms with E-state index in [0.29, 0.717) is 23.2 Å². The van der Waals surface area contributed by atoms with Gasteiger partial charge in [0.15, 0.2) is 0 Å². The minimum Gasteiger partial charge on any atom is -0.442 e. The Morgan fingerprint density at radius 3 is 2.94 bits per heavy atom. The molecule has 9 heteroatoms. The van der Waals surface area contributed by atoms with Gasteiger partial charge in [0.2, 0.25) is 5.91 Å². The van der Waals surface area contributed by atoms with E-state index in [1.165, 1.54) is 17.9 Å². The second kappa shape index (κ2) is 9.11. The van der Waals surface area contributed by atoms with E-state index in [-0.39, 0.29) is 24.8 Å². The van der Waals surface area contributed by atoms with E-state index in [4.69, 9.17) is 9.57 Å². The topological polar surface area (TPSA) is 83.5 Å². The highest BCUT2D eigenvalue weighted by atomic mass is 19.1. The van der Waals surface area contributed by atoms with Crippen LogP contribution >= 0.6 is 0 Å². The number of halogens is 1. The third-order valence-electron chi connectivity index (χ3n) is 6.41. The van der Waals surface area contributed by atoms with Crippen molar-refractivity contribution in [2.24, 2.45) is 17.0 Å². The van der Waals surface area contributed by atoms with Crippen LogP contribution in [-0.2, 0) is 14.4 Å². The van der Waals surface area contributed by atoms with Gasteiger partial charge < -0.3 is 19.8 Å². The first-order valence-corrected chi connectivity index (χ1v) is 10.8. The molecule has 1 N–H and O–H groups in total. The minimum atomic E-state index is -0.532. The van der Waals surface area contributed by atoms with Crippen LogP contribution in [0.15, 0.2) is 23.4 Å². The van der Waals surface area contributed by atoms with Crippen LogP contribution in [0.1, 0.15) is 32.6 Å². The van der Waals surface area contributed by atoms with Crippen molar-refractivity contribution >= 4 is 29.1 Å². The first kappa shape index (κ1) is 21.4. The van der Waals surface area contributed by atoms with E-state index in [1.54, 1.807) is 19.2 Å². The fourth-order valence-electron chi connectivity index (χ4n) is 4.96. The lowest BCUT2D eigenvalue weighted by Crippen LogP contribution is -2.45. The monoisotopic (exact) mass is 432 g/mol. The summed E-state index contributed by atoms with van der Waals surface area (Å²) in [6, 6.07) is 4.89. The Labute approximate surface area is 181 Å². The number of cyclic esters (lactones) is 1. The summed E-state index contributed by atoms with van der Waals surface area (Å²) in [5, 5.41) is 6.86. The first-order valence-electron chi connectivity index (χ1n) is 10.8. The summed E-state index contributed by atoms with van der Waals surface area (Å²) in [5.41, 5.74) is 2.15. The van der Waals surface area contributed by atoms with E-state index in [9.17, 15) is 9.59 Å². The molecule has 1 aromatic carbocycles. The van der Waals surface area contributed by atoms with Crippen molar-refractivity contribution in [1.82, 2.24) is 5.32 Å². The number of carbonyl (C=O) groups excluding carboxylic acids is 2. The summed E-state index contributed by atoms with van der Waals surface area (Å²) in [7, 11) is 1.58. The predicted octanol–water partition coefficient (Wildman–Crippen LogP) is 2.92. The molecule has 1 saturated carbocycles. The van der Waals surface area contributed by atoms with Gasteiger partial charge in [0.25, 0.3) is 0 Å². The predicted molar refractivity (Wildman–Crippen MR) is 115 cm³/mol. The average molecular weight is 432 g/mol. The molecule has 0 radical (unpaired) electrons. The summed E-state index contributed by atoms with van der Waals surface area (Å²) < 4.78 is 20.3. The van der Waals surface area contributed by atoms with Crippen molar-refractivity contribution in [2.45, 2.75) is 38.7 Å². The number of hydrogen-bond acceptors (Lipinski definition) is 6. The lowest BCUT2D eigenvalue weighted by atomic mass is 9.73. The highest BCUT2D eigenvalue weighted by Crippen LogP contribution is 2.38. The van der Waals surface area contributed by atoms with E-state index in [1.807, 2.05) is 0 Å². The molecule has 3 aliphatic rings. The number of oxime groups is 1. The minimum absolute atomic E-state index is 0.188. The van der Waals surface area contributed by atoms with E-state index in [0.717, 1.165) is 44.5 Å². The van der Waals surface area contributed by atoms with E-state index >= 15 is 4.39 Å². The van der Waals surface area contributed by atoms with Crippen molar-refractivity contribution in [3.63, 3.8) is 0 Å². The number of anilines is 2. The fraction of sp³-hybridized carbons (Fsp3) is 0.591. The smallest absolute Gasteiger partial charge is 0.414 e. The molecule has 31 heavy (non-hydrogen) atoms. The molecule has 168 valence electrons. The third kappa shape index (κ3) is 4.60. The Hall–Kier alpha value is -2.84. The molecule has 4 rings (SSSR count). The van der Waals surface area contributed by atoms with Crippen LogP contribution in [0, 0.1) is 17.7 Å². The van der Waals surface area contributed by atoms with Gasteiger partial charge in [0.05, 0.1) is 30.2 Å². The van der Waals surface area contributed by atoms with Crippen LogP contribution in [0.4, 0.5) is 20.6 Å². The largest absolute Gasteiger partial charge is 0.442 e. The Kier molecular flexibility index (Phi) is 6.29. The van der Waals surface area contributed by atoms with Crippen LogP contribution in [0.3, 0.4) is 0 Å². The molecular weight excluding hydrogens is 403 g/mol. The second-order valence-corrected chi connectivity index (χ2v) is 8.45. The highest BCUT2D eigenvalue weighted by molar-refractivity contribution is 5.90. The SMILES string of the molecule is CO/N=C1\CCCC2CN(c3ccc(N4CC(CNC(C)=O)OC4=O)cc3F)CCC12. The number of rotatable bonds is 5. The standard InChI is InChI=1S/C22H29FN4O4/c1-14(28)24-11-17-13-27(22(29)31-17)16-6-7-21(19(23)10-16)26-9-8-18-15(12-26)4-3-5-20(18)25-30-2/h6-7,10,15,17-18H,3-5,8-9,11-13H2,1-2H3,(H,24,28)/b25-20+. The molecule has 2 amide bonds. The quantitative estimate of drug-likeness (QED) is 0.724. The molecule has 2 heterocycles. The summed E-state index contributed by atoms with van der Waals surface area (Å²) in [5.74, 6) is 0.314.